The molecule has 8 nitrogen and oxygen atoms in total. The summed E-state index contributed by atoms with van der Waals surface area (Å²) >= 11 is 0. The van der Waals surface area contributed by atoms with Gasteiger partial charge in [0.1, 0.15) is 5.71 Å². The first-order valence-corrected chi connectivity index (χ1v) is 5.32. The van der Waals surface area contributed by atoms with Gasteiger partial charge in [0.25, 0.3) is 5.91 Å². The molecule has 0 bridgehead atoms. The third-order valence-corrected chi connectivity index (χ3v) is 2.17. The Bertz CT molecular complexity index is 473. The van der Waals surface area contributed by atoms with E-state index in [0.29, 0.717) is 0 Å². The monoisotopic (exact) mass is 266 g/mol. The first-order chi connectivity index (χ1) is 9.22. The molecule has 1 heterocycles. The van der Waals surface area contributed by atoms with Gasteiger partial charge in [0, 0.05) is 26.0 Å². The maximum absolute atomic E-state index is 11.8. The van der Waals surface area contributed by atoms with Gasteiger partial charge in [-0.1, -0.05) is 16.4 Å². The molecule has 0 saturated carbocycles. The van der Waals surface area contributed by atoms with Gasteiger partial charge in [0.05, 0.1) is 6.61 Å². The van der Waals surface area contributed by atoms with E-state index < -0.39 is 11.6 Å². The average Bonchev–Trinajstić information content (AvgIpc) is 2.46. The lowest BCUT2D eigenvalue weighted by atomic mass is 10.2. The fraction of sp³-hybridized carbons (Fsp3) is 0.273. The van der Waals surface area contributed by atoms with Crippen molar-refractivity contribution in [3.05, 3.63) is 30.1 Å². The van der Waals surface area contributed by atoms with E-state index >= 15 is 0 Å². The maximum Gasteiger partial charge on any atom is 0.275 e. The van der Waals surface area contributed by atoms with Crippen LogP contribution in [0.4, 0.5) is 0 Å². The molecule has 0 fully saturated rings. The van der Waals surface area contributed by atoms with Crippen LogP contribution in [-0.2, 0) is 16.1 Å². The second-order valence-corrected chi connectivity index (χ2v) is 3.47. The number of ether oxygens (including phenoxy) is 1. The van der Waals surface area contributed by atoms with Crippen molar-refractivity contribution in [2.45, 2.75) is 6.54 Å². The van der Waals surface area contributed by atoms with Gasteiger partial charge in [-0.05, 0) is 11.6 Å². The van der Waals surface area contributed by atoms with Gasteiger partial charge in [0.2, 0.25) is 0 Å². The van der Waals surface area contributed by atoms with Gasteiger partial charge in [-0.3, -0.25) is 9.78 Å². The molecule has 1 rings (SSSR count). The van der Waals surface area contributed by atoms with Crippen LogP contribution in [0.3, 0.4) is 0 Å². The van der Waals surface area contributed by atoms with E-state index in [-0.39, 0.29) is 18.9 Å². The highest BCUT2D eigenvalue weighted by atomic mass is 16.5. The Balaban J connectivity index is 2.65. The summed E-state index contributed by atoms with van der Waals surface area (Å²) in [6.45, 7) is 0.0492. The number of hydrogen-bond acceptors (Lipinski definition) is 7. The van der Waals surface area contributed by atoms with Crippen molar-refractivity contribution < 1.29 is 19.9 Å². The van der Waals surface area contributed by atoms with Crippen LogP contribution in [0.2, 0.25) is 0 Å². The number of oxime groups is 2. The normalized spacial score (nSPS) is 12.3. The Labute approximate surface area is 109 Å². The van der Waals surface area contributed by atoms with Gasteiger partial charge < -0.3 is 20.5 Å². The van der Waals surface area contributed by atoms with Gasteiger partial charge >= 0.3 is 0 Å². The van der Waals surface area contributed by atoms with Gasteiger partial charge in [-0.2, -0.15) is 0 Å². The fourth-order valence-corrected chi connectivity index (χ4v) is 1.28. The van der Waals surface area contributed by atoms with Crippen molar-refractivity contribution in [1.82, 2.24) is 10.3 Å². The van der Waals surface area contributed by atoms with E-state index in [9.17, 15) is 4.79 Å². The molecule has 0 radical (unpaired) electrons. The summed E-state index contributed by atoms with van der Waals surface area (Å²) in [6, 6.07) is 3.51. The molecule has 8 heteroatoms. The van der Waals surface area contributed by atoms with Crippen LogP contribution < -0.4 is 5.32 Å². The molecule has 3 N–H and O–H groups in total. The Hall–Kier alpha value is -2.48. The minimum absolute atomic E-state index is 0.157. The molecule has 0 unspecified atom stereocenters. The second-order valence-electron chi connectivity index (χ2n) is 3.47. The fourth-order valence-electron chi connectivity index (χ4n) is 1.28. The number of aromatic nitrogens is 1. The molecule has 0 aliphatic carbocycles. The molecule has 0 aliphatic heterocycles. The Morgan fingerprint density at radius 1 is 1.47 bits per heavy atom. The highest BCUT2D eigenvalue weighted by Gasteiger charge is 2.19. The zero-order chi connectivity index (χ0) is 14.1. The molecule has 0 spiro atoms. The third-order valence-electron chi connectivity index (χ3n) is 2.17. The lowest BCUT2D eigenvalue weighted by Crippen LogP contribution is -2.37. The molecular weight excluding hydrogens is 252 g/mol. The maximum atomic E-state index is 11.8. The van der Waals surface area contributed by atoms with Crippen LogP contribution in [0.25, 0.3) is 0 Å². The second kappa shape index (κ2) is 7.77. The predicted octanol–water partition coefficient (Wildman–Crippen LogP) is 0.00460. The average molecular weight is 266 g/mol. The standard InChI is InChI=1S/C11H14N4O4/c1-19-7-9(14-17)10(15-18)11(16)13-6-8-3-2-4-12-5-8/h2-5,17-18H,6-7H2,1H3,(H,13,16). The van der Waals surface area contributed by atoms with Crippen LogP contribution in [-0.4, -0.2) is 46.4 Å². The van der Waals surface area contributed by atoms with Crippen molar-refractivity contribution in [1.29, 1.82) is 0 Å². The van der Waals surface area contributed by atoms with E-state index in [1.165, 1.54) is 7.11 Å². The van der Waals surface area contributed by atoms with Crippen LogP contribution in [0.5, 0.6) is 0 Å². The first-order valence-electron chi connectivity index (χ1n) is 5.32. The molecule has 0 aliphatic rings. The summed E-state index contributed by atoms with van der Waals surface area (Å²) in [5.74, 6) is -0.684. The molecular formula is C11H14N4O4. The topological polar surface area (TPSA) is 116 Å². The smallest absolute Gasteiger partial charge is 0.275 e. The van der Waals surface area contributed by atoms with Crippen molar-refractivity contribution in [3.63, 3.8) is 0 Å². The number of carbonyl (C=O) groups excluding carboxylic acids is 1. The predicted molar refractivity (Wildman–Crippen MR) is 66.4 cm³/mol. The molecule has 19 heavy (non-hydrogen) atoms. The highest BCUT2D eigenvalue weighted by molar-refractivity contribution is 6.67. The zero-order valence-electron chi connectivity index (χ0n) is 10.3. The molecule has 0 aromatic carbocycles. The number of amides is 1. The van der Waals surface area contributed by atoms with Crippen molar-refractivity contribution >= 4 is 17.3 Å². The lowest BCUT2D eigenvalue weighted by molar-refractivity contribution is -0.114. The Morgan fingerprint density at radius 2 is 2.26 bits per heavy atom. The SMILES string of the molecule is COCC(=NO)C(=NO)C(=O)NCc1cccnc1. The van der Waals surface area contributed by atoms with E-state index in [1.807, 2.05) is 0 Å². The highest BCUT2D eigenvalue weighted by Crippen LogP contribution is 1.95. The number of carbonyl (C=O) groups is 1. The number of pyridine rings is 1. The number of nitrogens with zero attached hydrogens (tertiary/aromatic N) is 3. The number of hydrogen-bond donors (Lipinski definition) is 3. The van der Waals surface area contributed by atoms with Crippen LogP contribution >= 0.6 is 0 Å². The molecule has 0 saturated heterocycles. The van der Waals surface area contributed by atoms with Crippen molar-refractivity contribution in [2.75, 3.05) is 13.7 Å². The van der Waals surface area contributed by atoms with Crippen LogP contribution in [0.15, 0.2) is 34.8 Å². The van der Waals surface area contributed by atoms with Gasteiger partial charge in [0.15, 0.2) is 5.71 Å². The Kier molecular flexibility index (Phi) is 5.96. The summed E-state index contributed by atoms with van der Waals surface area (Å²) in [5, 5.41) is 25.7. The van der Waals surface area contributed by atoms with Crippen LogP contribution in [0, 0.1) is 0 Å². The zero-order valence-corrected chi connectivity index (χ0v) is 10.3. The van der Waals surface area contributed by atoms with E-state index in [0.717, 1.165) is 5.56 Å². The van der Waals surface area contributed by atoms with Crippen LogP contribution in [0.1, 0.15) is 5.56 Å². The minimum atomic E-state index is -0.684. The largest absolute Gasteiger partial charge is 0.411 e. The molecule has 0 atom stereocenters. The number of methoxy groups -OCH3 is 1. The van der Waals surface area contributed by atoms with E-state index in [2.05, 4.69) is 20.6 Å². The molecule has 1 aromatic rings. The summed E-state index contributed by atoms with van der Waals surface area (Å²) in [5.41, 5.74) is 0.198. The van der Waals surface area contributed by atoms with Gasteiger partial charge in [-0.15, -0.1) is 0 Å². The van der Waals surface area contributed by atoms with Gasteiger partial charge in [-0.25, -0.2) is 0 Å². The first kappa shape index (κ1) is 14.6. The van der Waals surface area contributed by atoms with Crippen molar-refractivity contribution in [2.24, 2.45) is 10.3 Å². The van der Waals surface area contributed by atoms with E-state index in [4.69, 9.17) is 15.2 Å². The summed E-state index contributed by atoms with van der Waals surface area (Å²) in [4.78, 5) is 15.6. The summed E-state index contributed by atoms with van der Waals surface area (Å²) in [6.07, 6.45) is 3.20. The molecule has 102 valence electrons. The quantitative estimate of drug-likeness (QED) is 0.381. The van der Waals surface area contributed by atoms with E-state index in [1.54, 1.807) is 24.5 Å². The lowest BCUT2D eigenvalue weighted by Gasteiger charge is -2.07. The third kappa shape index (κ3) is 4.36. The summed E-state index contributed by atoms with van der Waals surface area (Å²) < 4.78 is 4.72. The number of rotatable bonds is 6. The summed E-state index contributed by atoms with van der Waals surface area (Å²) in [7, 11) is 1.35. The number of nitrogens with one attached hydrogen (secondary N) is 1. The molecule has 1 aromatic heterocycles. The minimum Gasteiger partial charge on any atom is -0.411 e. The molecule has 1 amide bonds. The van der Waals surface area contributed by atoms with Crippen molar-refractivity contribution in [3.8, 4) is 0 Å². The Morgan fingerprint density at radius 3 is 2.79 bits per heavy atom.